The largest absolute Gasteiger partial charge is 0.383 e. The van der Waals surface area contributed by atoms with Gasteiger partial charge in [-0.2, -0.15) is 0 Å². The molecule has 1 aromatic heterocycles. The molecular formula is C13H12ClN3. The van der Waals surface area contributed by atoms with Crippen LogP contribution in [0.3, 0.4) is 0 Å². The highest BCUT2D eigenvalue weighted by Gasteiger charge is 2.10. The van der Waals surface area contributed by atoms with E-state index in [-0.39, 0.29) is 0 Å². The summed E-state index contributed by atoms with van der Waals surface area (Å²) < 4.78 is 1.73. The lowest BCUT2D eigenvalue weighted by Gasteiger charge is -2.04. The number of benzene rings is 1. The third-order valence-electron chi connectivity index (χ3n) is 2.59. The lowest BCUT2D eigenvalue weighted by atomic mass is 10.1. The van der Waals surface area contributed by atoms with E-state index in [1.807, 2.05) is 25.1 Å². The van der Waals surface area contributed by atoms with Gasteiger partial charge in [0.25, 0.3) is 0 Å². The third kappa shape index (κ3) is 2.13. The van der Waals surface area contributed by atoms with Gasteiger partial charge in [0.05, 0.1) is 12.9 Å². The van der Waals surface area contributed by atoms with Crippen LogP contribution in [-0.2, 0) is 6.54 Å². The monoisotopic (exact) mass is 245 g/mol. The molecule has 0 aliphatic rings. The van der Waals surface area contributed by atoms with Gasteiger partial charge in [-0.15, -0.1) is 6.42 Å². The zero-order chi connectivity index (χ0) is 12.4. The molecule has 0 radical (unpaired) electrons. The predicted octanol–water partition coefficient (Wildman–Crippen LogP) is 2.73. The fraction of sp³-hybridized carbons (Fsp3) is 0.154. The lowest BCUT2D eigenvalue weighted by molar-refractivity contribution is 0.852. The van der Waals surface area contributed by atoms with E-state index < -0.39 is 0 Å². The second kappa shape index (κ2) is 4.52. The van der Waals surface area contributed by atoms with Crippen molar-refractivity contribution in [2.45, 2.75) is 13.5 Å². The molecule has 0 unspecified atom stereocenters. The van der Waals surface area contributed by atoms with E-state index >= 15 is 0 Å². The van der Waals surface area contributed by atoms with Crippen LogP contribution >= 0.6 is 11.6 Å². The Morgan fingerprint density at radius 2 is 2.29 bits per heavy atom. The maximum Gasteiger partial charge on any atom is 0.132 e. The number of terminal acetylenes is 1. The first-order valence-electron chi connectivity index (χ1n) is 5.14. The van der Waals surface area contributed by atoms with Gasteiger partial charge in [0.15, 0.2) is 0 Å². The fourth-order valence-corrected chi connectivity index (χ4v) is 1.76. The Balaban J connectivity index is 2.47. The van der Waals surface area contributed by atoms with Crippen molar-refractivity contribution in [1.29, 1.82) is 0 Å². The predicted molar refractivity (Wildman–Crippen MR) is 70.7 cm³/mol. The molecular weight excluding hydrogens is 234 g/mol. The SMILES string of the molecule is C#CCn1cnc(-c2ccc(C)c(Cl)c2)c1N. The maximum atomic E-state index is 6.08. The summed E-state index contributed by atoms with van der Waals surface area (Å²) in [6.45, 7) is 2.37. The number of imidazole rings is 1. The molecule has 0 spiro atoms. The van der Waals surface area contributed by atoms with Crippen LogP contribution in [0.15, 0.2) is 24.5 Å². The Morgan fingerprint density at radius 1 is 1.53 bits per heavy atom. The third-order valence-corrected chi connectivity index (χ3v) is 2.99. The Kier molecular flexibility index (Phi) is 3.08. The summed E-state index contributed by atoms with van der Waals surface area (Å²) in [5.74, 6) is 3.09. The molecule has 0 atom stereocenters. The average molecular weight is 246 g/mol. The van der Waals surface area contributed by atoms with Crippen molar-refractivity contribution in [1.82, 2.24) is 9.55 Å². The molecule has 0 saturated carbocycles. The Morgan fingerprint density at radius 3 is 2.94 bits per heavy atom. The molecule has 1 heterocycles. The molecule has 4 heteroatoms. The molecule has 2 N–H and O–H groups in total. The van der Waals surface area contributed by atoms with Crippen LogP contribution in [-0.4, -0.2) is 9.55 Å². The van der Waals surface area contributed by atoms with Crippen LogP contribution in [0.2, 0.25) is 5.02 Å². The van der Waals surface area contributed by atoms with E-state index in [0.717, 1.165) is 11.1 Å². The van der Waals surface area contributed by atoms with Crippen molar-refractivity contribution in [3.63, 3.8) is 0 Å². The molecule has 2 rings (SSSR count). The van der Waals surface area contributed by atoms with Gasteiger partial charge >= 0.3 is 0 Å². The zero-order valence-corrected chi connectivity index (χ0v) is 10.2. The van der Waals surface area contributed by atoms with Crippen molar-refractivity contribution in [3.05, 3.63) is 35.1 Å². The first kappa shape index (κ1) is 11.6. The van der Waals surface area contributed by atoms with Crippen molar-refractivity contribution in [3.8, 4) is 23.6 Å². The van der Waals surface area contributed by atoms with E-state index in [2.05, 4.69) is 10.9 Å². The zero-order valence-electron chi connectivity index (χ0n) is 9.44. The fourth-order valence-electron chi connectivity index (χ4n) is 1.58. The summed E-state index contributed by atoms with van der Waals surface area (Å²) in [6.07, 6.45) is 6.88. The number of anilines is 1. The first-order valence-corrected chi connectivity index (χ1v) is 5.52. The van der Waals surface area contributed by atoms with Crippen LogP contribution < -0.4 is 5.73 Å². The minimum Gasteiger partial charge on any atom is -0.383 e. The minimum atomic E-state index is 0.415. The van der Waals surface area contributed by atoms with Gasteiger partial charge in [-0.25, -0.2) is 4.98 Å². The first-order chi connectivity index (χ1) is 8.13. The minimum absolute atomic E-state index is 0.415. The number of rotatable bonds is 2. The van der Waals surface area contributed by atoms with Gasteiger partial charge in [-0.05, 0) is 18.6 Å². The molecule has 0 bridgehead atoms. The number of aryl methyl sites for hydroxylation is 1. The molecule has 3 nitrogen and oxygen atoms in total. The molecule has 0 aliphatic heterocycles. The van der Waals surface area contributed by atoms with Crippen molar-refractivity contribution in [2.75, 3.05) is 5.73 Å². The van der Waals surface area contributed by atoms with Gasteiger partial charge < -0.3 is 10.3 Å². The smallest absolute Gasteiger partial charge is 0.132 e. The van der Waals surface area contributed by atoms with Gasteiger partial charge in [0.1, 0.15) is 11.5 Å². The summed E-state index contributed by atoms with van der Waals surface area (Å²) >= 11 is 6.08. The lowest BCUT2D eigenvalue weighted by Crippen LogP contribution is -2.00. The second-order valence-corrected chi connectivity index (χ2v) is 4.18. The van der Waals surface area contributed by atoms with Crippen LogP contribution in [0.25, 0.3) is 11.3 Å². The van der Waals surface area contributed by atoms with Crippen molar-refractivity contribution >= 4 is 17.4 Å². The van der Waals surface area contributed by atoms with Crippen LogP contribution in [0, 0.1) is 19.3 Å². The molecule has 2 aromatic rings. The van der Waals surface area contributed by atoms with Gasteiger partial charge in [0.2, 0.25) is 0 Å². The molecule has 0 fully saturated rings. The van der Waals surface area contributed by atoms with Crippen LogP contribution in [0.5, 0.6) is 0 Å². The average Bonchev–Trinajstić information content (AvgIpc) is 2.66. The van der Waals surface area contributed by atoms with E-state index in [1.54, 1.807) is 10.9 Å². The van der Waals surface area contributed by atoms with Gasteiger partial charge in [0, 0.05) is 10.6 Å². The van der Waals surface area contributed by atoms with E-state index in [1.165, 1.54) is 0 Å². The molecule has 0 saturated heterocycles. The van der Waals surface area contributed by atoms with Gasteiger partial charge in [-0.1, -0.05) is 29.7 Å². The Hall–Kier alpha value is -1.92. The topological polar surface area (TPSA) is 43.8 Å². The summed E-state index contributed by atoms with van der Waals surface area (Å²) in [4.78, 5) is 4.26. The number of nitrogens with zero attached hydrogens (tertiary/aromatic N) is 2. The highest BCUT2D eigenvalue weighted by atomic mass is 35.5. The van der Waals surface area contributed by atoms with E-state index in [9.17, 15) is 0 Å². The highest BCUT2D eigenvalue weighted by molar-refractivity contribution is 6.31. The molecule has 0 amide bonds. The second-order valence-electron chi connectivity index (χ2n) is 3.77. The number of aromatic nitrogens is 2. The number of halogens is 1. The number of hydrogen-bond acceptors (Lipinski definition) is 2. The molecule has 17 heavy (non-hydrogen) atoms. The van der Waals surface area contributed by atoms with Crippen molar-refractivity contribution in [2.24, 2.45) is 0 Å². The normalized spacial score (nSPS) is 10.2. The summed E-state index contributed by atoms with van der Waals surface area (Å²) in [7, 11) is 0. The summed E-state index contributed by atoms with van der Waals surface area (Å²) in [5.41, 5.74) is 8.60. The molecule has 86 valence electrons. The van der Waals surface area contributed by atoms with Crippen LogP contribution in [0.1, 0.15) is 5.56 Å². The standard InChI is InChI=1S/C13H12ClN3/c1-3-6-17-8-16-12(13(17)15)10-5-4-9(2)11(14)7-10/h1,4-5,7-8H,6,15H2,2H3. The van der Waals surface area contributed by atoms with E-state index in [4.69, 9.17) is 23.8 Å². The number of nitrogens with two attached hydrogens (primary N) is 1. The highest BCUT2D eigenvalue weighted by Crippen LogP contribution is 2.28. The summed E-state index contributed by atoms with van der Waals surface area (Å²) in [6, 6.07) is 5.74. The van der Waals surface area contributed by atoms with Crippen molar-refractivity contribution < 1.29 is 0 Å². The summed E-state index contributed by atoms with van der Waals surface area (Å²) in [5, 5.41) is 0.702. The van der Waals surface area contributed by atoms with Gasteiger partial charge in [-0.3, -0.25) is 0 Å². The number of hydrogen-bond donors (Lipinski definition) is 1. The molecule has 1 aromatic carbocycles. The van der Waals surface area contributed by atoms with Crippen LogP contribution in [0.4, 0.5) is 5.82 Å². The Bertz CT molecular complexity index is 593. The van der Waals surface area contributed by atoms with E-state index in [0.29, 0.717) is 23.1 Å². The Labute approximate surface area is 105 Å². The maximum absolute atomic E-state index is 6.08. The number of nitrogen functional groups attached to an aromatic ring is 1. The quantitative estimate of drug-likeness (QED) is 0.827. The molecule has 0 aliphatic carbocycles.